The van der Waals surface area contributed by atoms with Crippen LogP contribution in [-0.4, -0.2) is 17.6 Å². The van der Waals surface area contributed by atoms with Crippen molar-refractivity contribution in [1.29, 1.82) is 0 Å². The molecule has 0 aromatic heterocycles. The van der Waals surface area contributed by atoms with Crippen LogP contribution < -0.4 is 5.32 Å². The van der Waals surface area contributed by atoms with Crippen LogP contribution in [0.3, 0.4) is 0 Å². The summed E-state index contributed by atoms with van der Waals surface area (Å²) >= 11 is 6.54. The van der Waals surface area contributed by atoms with Crippen molar-refractivity contribution < 1.29 is 9.90 Å². The van der Waals surface area contributed by atoms with Gasteiger partial charge in [-0.05, 0) is 22.8 Å². The van der Waals surface area contributed by atoms with Crippen LogP contribution in [0, 0.1) is 0 Å². The predicted molar refractivity (Wildman–Crippen MR) is 99.9 cm³/mol. The van der Waals surface area contributed by atoms with Gasteiger partial charge in [0.15, 0.2) is 0 Å². The Morgan fingerprint density at radius 1 is 0.840 bits per heavy atom. The van der Waals surface area contributed by atoms with Crippen LogP contribution in [0.1, 0.15) is 16.7 Å². The Hall–Kier alpha value is -2.62. The summed E-state index contributed by atoms with van der Waals surface area (Å²) < 4.78 is 0. The Labute approximate surface area is 151 Å². The summed E-state index contributed by atoms with van der Waals surface area (Å²) in [6.07, 6.45) is 0. The highest BCUT2D eigenvalue weighted by Gasteiger charge is 2.37. The molecular formula is C21H18ClNO2. The van der Waals surface area contributed by atoms with Gasteiger partial charge >= 0.3 is 5.97 Å². The van der Waals surface area contributed by atoms with Crippen LogP contribution in [0.2, 0.25) is 5.02 Å². The van der Waals surface area contributed by atoms with Crippen LogP contribution in [0.5, 0.6) is 0 Å². The molecule has 0 saturated heterocycles. The van der Waals surface area contributed by atoms with E-state index in [-0.39, 0.29) is 6.54 Å². The fraction of sp³-hybridized carbons (Fsp3) is 0.0952. The van der Waals surface area contributed by atoms with Gasteiger partial charge in [0.25, 0.3) is 0 Å². The minimum absolute atomic E-state index is 0.199. The number of carbonyl (C=O) groups is 1. The molecule has 25 heavy (non-hydrogen) atoms. The van der Waals surface area contributed by atoms with Crippen LogP contribution in [0.15, 0.2) is 84.9 Å². The van der Waals surface area contributed by atoms with Crippen molar-refractivity contribution in [3.05, 3.63) is 107 Å². The second kappa shape index (κ2) is 7.51. The van der Waals surface area contributed by atoms with Gasteiger partial charge in [-0.1, -0.05) is 90.5 Å². The number of carboxylic acid groups (broad SMARTS) is 1. The lowest BCUT2D eigenvalue weighted by Crippen LogP contribution is -2.47. The Bertz CT molecular complexity index is 811. The highest BCUT2D eigenvalue weighted by molar-refractivity contribution is 6.31. The van der Waals surface area contributed by atoms with E-state index in [2.05, 4.69) is 5.32 Å². The van der Waals surface area contributed by atoms with Crippen LogP contribution >= 0.6 is 11.6 Å². The van der Waals surface area contributed by atoms with Crippen LogP contribution in [0.4, 0.5) is 0 Å². The molecule has 0 spiro atoms. The third-order valence-electron chi connectivity index (χ3n) is 4.20. The van der Waals surface area contributed by atoms with Gasteiger partial charge in [0.05, 0.1) is 12.1 Å². The molecular weight excluding hydrogens is 334 g/mol. The normalized spacial score (nSPS) is 11.2. The summed E-state index contributed by atoms with van der Waals surface area (Å²) in [5.74, 6) is -0.928. The van der Waals surface area contributed by atoms with Crippen LogP contribution in [-0.2, 0) is 10.3 Å². The number of nitrogens with one attached hydrogen (secondary N) is 1. The molecule has 3 aromatic rings. The van der Waals surface area contributed by atoms with E-state index in [1.54, 1.807) is 0 Å². The van der Waals surface area contributed by atoms with Gasteiger partial charge in [0.1, 0.15) is 0 Å². The van der Waals surface area contributed by atoms with Crippen LogP contribution in [0.25, 0.3) is 0 Å². The quantitative estimate of drug-likeness (QED) is 0.651. The fourth-order valence-electron chi connectivity index (χ4n) is 3.13. The largest absolute Gasteiger partial charge is 0.480 e. The molecule has 4 heteroatoms. The first-order valence-corrected chi connectivity index (χ1v) is 8.35. The number of halogens is 1. The lowest BCUT2D eigenvalue weighted by atomic mass is 9.77. The molecule has 3 nitrogen and oxygen atoms in total. The molecule has 0 aliphatic heterocycles. The van der Waals surface area contributed by atoms with E-state index in [0.717, 1.165) is 16.7 Å². The molecule has 0 fully saturated rings. The number of hydrogen-bond acceptors (Lipinski definition) is 2. The lowest BCUT2D eigenvalue weighted by molar-refractivity contribution is -0.136. The molecule has 0 saturated carbocycles. The van der Waals surface area contributed by atoms with Gasteiger partial charge in [-0.15, -0.1) is 0 Å². The number of rotatable bonds is 6. The van der Waals surface area contributed by atoms with Gasteiger partial charge in [-0.3, -0.25) is 10.1 Å². The summed E-state index contributed by atoms with van der Waals surface area (Å²) in [7, 11) is 0. The SMILES string of the molecule is O=C(O)CNC(c1ccccc1)(c1ccccc1)c1ccccc1Cl. The van der Waals surface area contributed by atoms with E-state index in [0.29, 0.717) is 5.02 Å². The molecule has 0 aliphatic rings. The van der Waals surface area contributed by atoms with Crippen molar-refractivity contribution in [3.63, 3.8) is 0 Å². The van der Waals surface area contributed by atoms with Gasteiger partial charge in [-0.25, -0.2) is 0 Å². The topological polar surface area (TPSA) is 49.3 Å². The van der Waals surface area contributed by atoms with Crippen molar-refractivity contribution in [1.82, 2.24) is 5.32 Å². The third-order valence-corrected chi connectivity index (χ3v) is 4.53. The van der Waals surface area contributed by atoms with Crippen molar-refractivity contribution in [2.24, 2.45) is 0 Å². The smallest absolute Gasteiger partial charge is 0.317 e. The predicted octanol–water partition coefficient (Wildman–Crippen LogP) is 4.31. The molecule has 126 valence electrons. The summed E-state index contributed by atoms with van der Waals surface area (Å²) in [5, 5.41) is 13.1. The van der Waals surface area contributed by atoms with E-state index < -0.39 is 11.5 Å². The Balaban J connectivity index is 2.31. The number of benzene rings is 3. The van der Waals surface area contributed by atoms with E-state index in [1.165, 1.54) is 0 Å². The van der Waals surface area contributed by atoms with E-state index in [4.69, 9.17) is 11.6 Å². The zero-order valence-corrected chi connectivity index (χ0v) is 14.3. The molecule has 2 N–H and O–H groups in total. The summed E-state index contributed by atoms with van der Waals surface area (Å²) in [5.41, 5.74) is 1.81. The number of carboxylic acids is 1. The summed E-state index contributed by atoms with van der Waals surface area (Å²) in [6, 6.07) is 27.0. The van der Waals surface area contributed by atoms with Gasteiger partial charge in [0.2, 0.25) is 0 Å². The van der Waals surface area contributed by atoms with Gasteiger partial charge < -0.3 is 5.11 Å². The molecule has 0 atom stereocenters. The van der Waals surface area contributed by atoms with E-state index >= 15 is 0 Å². The van der Waals surface area contributed by atoms with Gasteiger partial charge in [0, 0.05) is 5.02 Å². The minimum atomic E-state index is -0.928. The van der Waals surface area contributed by atoms with Gasteiger partial charge in [-0.2, -0.15) is 0 Å². The first-order valence-electron chi connectivity index (χ1n) is 7.97. The molecule has 3 rings (SSSR count). The fourth-order valence-corrected chi connectivity index (χ4v) is 3.40. The molecule has 3 aromatic carbocycles. The maximum Gasteiger partial charge on any atom is 0.317 e. The number of hydrogen-bond donors (Lipinski definition) is 2. The first kappa shape index (κ1) is 17.2. The Morgan fingerprint density at radius 3 is 1.80 bits per heavy atom. The Kier molecular flexibility index (Phi) is 5.17. The maximum absolute atomic E-state index is 11.3. The molecule has 0 heterocycles. The zero-order valence-electron chi connectivity index (χ0n) is 13.5. The highest BCUT2D eigenvalue weighted by atomic mass is 35.5. The highest BCUT2D eigenvalue weighted by Crippen LogP contribution is 2.39. The monoisotopic (exact) mass is 351 g/mol. The molecule has 0 aliphatic carbocycles. The van der Waals surface area contributed by atoms with E-state index in [1.807, 2.05) is 84.9 Å². The molecule has 0 amide bonds. The zero-order chi connectivity index (χ0) is 17.7. The third kappa shape index (κ3) is 3.43. The molecule has 0 bridgehead atoms. The van der Waals surface area contributed by atoms with Crippen molar-refractivity contribution in [2.45, 2.75) is 5.54 Å². The average Bonchev–Trinajstić information content (AvgIpc) is 2.65. The number of aliphatic carboxylic acids is 1. The lowest BCUT2D eigenvalue weighted by Gasteiger charge is -2.37. The van der Waals surface area contributed by atoms with Crippen molar-refractivity contribution in [3.8, 4) is 0 Å². The molecule has 0 radical (unpaired) electrons. The Morgan fingerprint density at radius 2 is 1.32 bits per heavy atom. The maximum atomic E-state index is 11.3. The van der Waals surface area contributed by atoms with Crippen molar-refractivity contribution in [2.75, 3.05) is 6.54 Å². The average molecular weight is 352 g/mol. The van der Waals surface area contributed by atoms with E-state index in [9.17, 15) is 9.90 Å². The standard InChI is InChI=1S/C21H18ClNO2/c22-19-14-8-7-13-18(19)21(23-15-20(24)25,16-9-3-1-4-10-16)17-11-5-2-6-12-17/h1-14,23H,15H2,(H,24,25). The minimum Gasteiger partial charge on any atom is -0.480 e. The first-order chi connectivity index (χ1) is 12.1. The molecule has 0 unspecified atom stereocenters. The second-order valence-electron chi connectivity index (χ2n) is 5.71. The van der Waals surface area contributed by atoms with Crippen molar-refractivity contribution >= 4 is 17.6 Å². The second-order valence-corrected chi connectivity index (χ2v) is 6.12. The summed E-state index contributed by atoms with van der Waals surface area (Å²) in [4.78, 5) is 11.3. The summed E-state index contributed by atoms with van der Waals surface area (Å²) in [6.45, 7) is -0.199.